The van der Waals surface area contributed by atoms with E-state index in [1.807, 2.05) is 27.7 Å². The molecular weight excluding hydrogens is 624 g/mol. The van der Waals surface area contributed by atoms with Crippen LogP contribution < -0.4 is 11.1 Å². The van der Waals surface area contributed by atoms with Crippen LogP contribution in [0, 0.1) is 11.8 Å². The van der Waals surface area contributed by atoms with Gasteiger partial charge in [0, 0.05) is 28.3 Å². The number of carbonyl (C=O) groups excluding carboxylic acids is 5. The van der Waals surface area contributed by atoms with E-state index in [1.54, 1.807) is 20.8 Å². The highest BCUT2D eigenvalue weighted by atomic mass is 28.3. The Morgan fingerprint density at radius 2 is 1.57 bits per heavy atom. The Morgan fingerprint density at radius 3 is 2.11 bits per heavy atom. The highest BCUT2D eigenvalue weighted by molar-refractivity contribution is 6.76. The molecule has 1 saturated heterocycles. The highest BCUT2D eigenvalue weighted by Crippen LogP contribution is 2.24. The lowest BCUT2D eigenvalue weighted by atomic mass is 10.0. The number of alkyl carbamates (subject to hydrolysis) is 1. The topological polar surface area (TPSA) is 167 Å². The van der Waals surface area contributed by atoms with Crippen molar-refractivity contribution in [2.75, 3.05) is 27.0 Å². The van der Waals surface area contributed by atoms with E-state index >= 15 is 0 Å². The molecule has 0 saturated carbocycles. The summed E-state index contributed by atoms with van der Waals surface area (Å²) in [5.41, 5.74) is 5.33. The van der Waals surface area contributed by atoms with Crippen molar-refractivity contribution >= 4 is 37.9 Å². The van der Waals surface area contributed by atoms with E-state index in [0.29, 0.717) is 32.4 Å². The van der Waals surface area contributed by atoms with Crippen molar-refractivity contribution in [1.29, 1.82) is 0 Å². The summed E-state index contributed by atoms with van der Waals surface area (Å²) < 4.78 is 21.9. The van der Waals surface area contributed by atoms with Gasteiger partial charge in [0.15, 0.2) is 12.8 Å². The van der Waals surface area contributed by atoms with Gasteiger partial charge in [-0.2, -0.15) is 0 Å². The molecule has 0 aromatic rings. The first-order chi connectivity index (χ1) is 21.5. The molecule has 0 aliphatic carbocycles. The molecule has 5 atom stereocenters. The Kier molecular flexibility index (Phi) is 16.9. The van der Waals surface area contributed by atoms with Crippen LogP contribution in [0.1, 0.15) is 81.1 Å². The zero-order valence-corrected chi connectivity index (χ0v) is 31.8. The minimum Gasteiger partial charge on any atom is -0.458 e. The summed E-state index contributed by atoms with van der Waals surface area (Å²) in [6.07, 6.45) is -0.228. The third-order valence-electron chi connectivity index (χ3n) is 7.62. The highest BCUT2D eigenvalue weighted by Gasteiger charge is 2.42. The quantitative estimate of drug-likeness (QED) is 0.0753. The first-order valence-electron chi connectivity index (χ1n) is 16.8. The molecule has 0 spiro atoms. The minimum atomic E-state index is -1.42. The van der Waals surface area contributed by atoms with Crippen molar-refractivity contribution < 1.29 is 42.9 Å². The fraction of sp³-hybridized carbons (Fsp3) is 0.848. The summed E-state index contributed by atoms with van der Waals surface area (Å²) in [6, 6.07) is -3.02. The monoisotopic (exact) mass is 686 g/mol. The van der Waals surface area contributed by atoms with Gasteiger partial charge in [-0.25, -0.2) is 14.4 Å². The summed E-state index contributed by atoms with van der Waals surface area (Å²) in [5, 5.41) is 2.46. The van der Waals surface area contributed by atoms with Gasteiger partial charge in [-0.1, -0.05) is 47.3 Å². The Hall–Kier alpha value is -2.71. The number of esters is 2. The maximum Gasteiger partial charge on any atom is 0.408 e. The van der Waals surface area contributed by atoms with Crippen molar-refractivity contribution in [3.05, 3.63) is 0 Å². The summed E-state index contributed by atoms with van der Waals surface area (Å²) >= 11 is 0. The molecule has 1 fully saturated rings. The van der Waals surface area contributed by atoms with Gasteiger partial charge in [0.2, 0.25) is 11.8 Å². The van der Waals surface area contributed by atoms with E-state index < -0.39 is 62.0 Å². The maximum absolute atomic E-state index is 13.8. The third kappa shape index (κ3) is 15.4. The number of likely N-dealkylation sites (N-methyl/N-ethyl adjacent to an activating group) is 1. The van der Waals surface area contributed by atoms with Crippen LogP contribution in [0.2, 0.25) is 25.7 Å². The van der Waals surface area contributed by atoms with E-state index in [1.165, 1.54) is 23.8 Å². The molecule has 0 radical (unpaired) electrons. The zero-order chi connectivity index (χ0) is 36.3. The molecule has 1 rings (SSSR count). The van der Waals surface area contributed by atoms with Gasteiger partial charge in [0.1, 0.15) is 23.8 Å². The molecule has 1 heterocycles. The van der Waals surface area contributed by atoms with E-state index in [4.69, 9.17) is 24.7 Å². The second kappa shape index (κ2) is 18.7. The average molecular weight is 687 g/mol. The number of hydrogen-bond donors (Lipinski definition) is 2. The Labute approximate surface area is 282 Å². The SMILES string of the molecule is CC(C)C[C@H](N)C(=O)N1CCC[C@H]1C(=O)N(C)[C@@H](CC(C)C)C(=O)O[C@H](C)[C@H](NC(=O)OC(C)(C)C)C(=O)OCOCC[Si](C)(C)C. The van der Waals surface area contributed by atoms with Crippen molar-refractivity contribution in [3.63, 3.8) is 0 Å². The van der Waals surface area contributed by atoms with Gasteiger partial charge in [-0.05, 0) is 71.3 Å². The van der Waals surface area contributed by atoms with Crippen LogP contribution >= 0.6 is 0 Å². The van der Waals surface area contributed by atoms with Crippen LogP contribution in [0.3, 0.4) is 0 Å². The molecule has 0 aromatic heterocycles. The minimum absolute atomic E-state index is 0.00663. The van der Waals surface area contributed by atoms with Gasteiger partial charge in [-0.15, -0.1) is 0 Å². The third-order valence-corrected chi connectivity index (χ3v) is 9.33. The lowest BCUT2D eigenvalue weighted by molar-refractivity contribution is -0.169. The molecule has 13 nitrogen and oxygen atoms in total. The predicted octanol–water partition coefficient (Wildman–Crippen LogP) is 3.90. The number of carbonyl (C=O) groups is 5. The lowest BCUT2D eigenvalue weighted by Crippen LogP contribution is -2.56. The number of amides is 3. The standard InChI is InChI=1S/C33H62N4O9Si/c1-21(2)18-24(34)28(38)37-15-13-14-25(37)29(39)36(9)26(19-22(3)4)30(40)45-23(5)27(35-32(42)46-33(6,7)8)31(41)44-20-43-16-17-47(10,11)12/h21-27H,13-20,34H2,1-12H3,(H,35,42)/t23-,24+,25+,26+,27+/m1/s1. The van der Waals surface area contributed by atoms with Crippen molar-refractivity contribution in [2.24, 2.45) is 17.6 Å². The maximum atomic E-state index is 13.8. The molecule has 3 N–H and O–H groups in total. The first kappa shape index (κ1) is 42.3. The molecular formula is C33H62N4O9Si. The number of ether oxygens (including phenoxy) is 4. The zero-order valence-electron chi connectivity index (χ0n) is 30.8. The van der Waals surface area contributed by atoms with Gasteiger partial charge >= 0.3 is 18.0 Å². The molecule has 0 unspecified atom stereocenters. The van der Waals surface area contributed by atoms with Crippen LogP contribution in [0.4, 0.5) is 4.79 Å². The van der Waals surface area contributed by atoms with Crippen molar-refractivity contribution in [3.8, 4) is 0 Å². The van der Waals surface area contributed by atoms with Crippen molar-refractivity contribution in [1.82, 2.24) is 15.1 Å². The molecule has 14 heteroatoms. The Balaban J connectivity index is 3.13. The van der Waals surface area contributed by atoms with Crippen molar-refractivity contribution in [2.45, 2.75) is 143 Å². The van der Waals surface area contributed by atoms with Gasteiger partial charge < -0.3 is 39.8 Å². The first-order valence-corrected chi connectivity index (χ1v) is 20.5. The molecule has 272 valence electrons. The van der Waals surface area contributed by atoms with E-state index in [2.05, 4.69) is 25.0 Å². The predicted molar refractivity (Wildman–Crippen MR) is 182 cm³/mol. The number of likely N-dealkylation sites (tertiary alicyclic amines) is 1. The van der Waals surface area contributed by atoms with E-state index in [9.17, 15) is 24.0 Å². The smallest absolute Gasteiger partial charge is 0.408 e. The molecule has 1 aliphatic heterocycles. The Bertz CT molecular complexity index is 1060. The second-order valence-corrected chi connectivity index (χ2v) is 21.2. The van der Waals surface area contributed by atoms with Crippen LogP contribution in [0.25, 0.3) is 0 Å². The summed E-state index contributed by atoms with van der Waals surface area (Å²) in [5.74, 6) is -2.09. The fourth-order valence-corrected chi connectivity index (χ4v) is 5.87. The normalized spacial score (nSPS) is 17.9. The van der Waals surface area contributed by atoms with Crippen LogP contribution in [0.15, 0.2) is 0 Å². The van der Waals surface area contributed by atoms with Crippen LogP contribution in [-0.2, 0) is 38.1 Å². The summed E-state index contributed by atoms with van der Waals surface area (Å²) in [4.78, 5) is 69.3. The fourth-order valence-electron chi connectivity index (χ4n) is 5.12. The Morgan fingerprint density at radius 1 is 0.979 bits per heavy atom. The largest absolute Gasteiger partial charge is 0.458 e. The number of nitrogens with zero attached hydrogens (tertiary/aromatic N) is 2. The molecule has 3 amide bonds. The van der Waals surface area contributed by atoms with Crippen LogP contribution in [0.5, 0.6) is 0 Å². The number of nitrogens with one attached hydrogen (secondary N) is 1. The second-order valence-electron chi connectivity index (χ2n) is 15.6. The van der Waals surface area contributed by atoms with Crippen LogP contribution in [-0.4, -0.2) is 111 Å². The summed E-state index contributed by atoms with van der Waals surface area (Å²) in [6.45, 7) is 21.3. The van der Waals surface area contributed by atoms with Gasteiger partial charge in [0.05, 0.1) is 6.04 Å². The van der Waals surface area contributed by atoms with E-state index in [0.717, 1.165) is 6.04 Å². The number of nitrogens with two attached hydrogens (primary N) is 1. The molecule has 1 aliphatic rings. The van der Waals surface area contributed by atoms with Gasteiger partial charge in [-0.3, -0.25) is 9.59 Å². The lowest BCUT2D eigenvalue weighted by Gasteiger charge is -2.34. The summed E-state index contributed by atoms with van der Waals surface area (Å²) in [7, 11) is 0.156. The molecule has 47 heavy (non-hydrogen) atoms. The molecule has 0 bridgehead atoms. The number of hydrogen-bond acceptors (Lipinski definition) is 10. The van der Waals surface area contributed by atoms with Gasteiger partial charge in [0.25, 0.3) is 0 Å². The molecule has 0 aromatic carbocycles. The van der Waals surface area contributed by atoms with E-state index in [-0.39, 0.29) is 36.9 Å². The average Bonchev–Trinajstić information content (AvgIpc) is 3.40. The number of rotatable bonds is 17.